The Balaban J connectivity index is 1.76. The summed E-state index contributed by atoms with van der Waals surface area (Å²) in [6, 6.07) is 15.0. The first-order chi connectivity index (χ1) is 14.4. The van der Waals surface area contributed by atoms with Gasteiger partial charge in [-0.1, -0.05) is 50.2 Å². The monoisotopic (exact) mass is 429 g/mol. The van der Waals surface area contributed by atoms with Crippen molar-refractivity contribution in [3.05, 3.63) is 59.7 Å². The molecule has 2 aromatic carbocycles. The Labute approximate surface area is 179 Å². The van der Waals surface area contributed by atoms with Crippen molar-refractivity contribution >= 4 is 21.6 Å². The first kappa shape index (κ1) is 22.5. The molecule has 2 aromatic rings. The predicted molar refractivity (Wildman–Crippen MR) is 120 cm³/mol. The van der Waals surface area contributed by atoms with E-state index < -0.39 is 10.0 Å². The lowest BCUT2D eigenvalue weighted by Crippen LogP contribution is -2.39. The molecule has 0 radical (unpaired) electrons. The highest BCUT2D eigenvalue weighted by Gasteiger charge is 2.31. The molecule has 0 spiro atoms. The van der Waals surface area contributed by atoms with Gasteiger partial charge in [-0.25, -0.2) is 8.42 Å². The fraction of sp³-hybridized carbons (Fsp3) is 0.435. The van der Waals surface area contributed by atoms with Gasteiger partial charge < -0.3 is 5.32 Å². The number of anilines is 1. The summed E-state index contributed by atoms with van der Waals surface area (Å²) < 4.78 is 27.4. The molecule has 1 aliphatic rings. The zero-order chi connectivity index (χ0) is 21.7. The van der Waals surface area contributed by atoms with Gasteiger partial charge in [0.2, 0.25) is 15.9 Å². The number of nitrogens with one attached hydrogen (secondary N) is 1. The third-order valence-corrected chi connectivity index (χ3v) is 7.87. The Morgan fingerprint density at radius 2 is 1.83 bits per heavy atom. The number of sulfonamides is 1. The predicted octanol–water partition coefficient (Wildman–Crippen LogP) is 3.63. The second-order valence-corrected chi connectivity index (χ2v) is 9.58. The number of hydrogen-bond donors (Lipinski definition) is 1. The van der Waals surface area contributed by atoms with Crippen LogP contribution in [0, 0.1) is 6.92 Å². The van der Waals surface area contributed by atoms with Crippen LogP contribution in [0.4, 0.5) is 5.69 Å². The van der Waals surface area contributed by atoms with Crippen LogP contribution in [0.3, 0.4) is 0 Å². The number of benzene rings is 2. The average Bonchev–Trinajstić information content (AvgIpc) is 3.19. The van der Waals surface area contributed by atoms with Crippen molar-refractivity contribution in [1.82, 2.24) is 9.21 Å². The Hall–Kier alpha value is -2.22. The number of carbonyl (C=O) groups is 1. The van der Waals surface area contributed by atoms with E-state index in [0.29, 0.717) is 24.3 Å². The van der Waals surface area contributed by atoms with Gasteiger partial charge in [-0.05, 0) is 49.6 Å². The molecule has 0 aromatic heterocycles. The van der Waals surface area contributed by atoms with E-state index >= 15 is 0 Å². The number of likely N-dealkylation sites (tertiary alicyclic amines) is 1. The van der Waals surface area contributed by atoms with E-state index in [-0.39, 0.29) is 16.8 Å². The summed E-state index contributed by atoms with van der Waals surface area (Å²) in [7, 11) is -3.59. The maximum absolute atomic E-state index is 13.0. The van der Waals surface area contributed by atoms with Crippen molar-refractivity contribution in [1.29, 1.82) is 0 Å². The summed E-state index contributed by atoms with van der Waals surface area (Å²) in [5.74, 6) is -0.0847. The third-order valence-electron chi connectivity index (χ3n) is 5.67. The van der Waals surface area contributed by atoms with E-state index in [1.807, 2.05) is 32.0 Å². The third kappa shape index (κ3) is 4.91. The molecule has 3 rings (SSSR count). The van der Waals surface area contributed by atoms with E-state index in [2.05, 4.69) is 22.3 Å². The molecule has 1 aliphatic heterocycles. The minimum atomic E-state index is -3.59. The largest absolute Gasteiger partial charge is 0.325 e. The van der Waals surface area contributed by atoms with Crippen LogP contribution in [0.15, 0.2) is 53.4 Å². The topological polar surface area (TPSA) is 69.7 Å². The highest BCUT2D eigenvalue weighted by Crippen LogP contribution is 2.25. The zero-order valence-electron chi connectivity index (χ0n) is 18.0. The fourth-order valence-corrected chi connectivity index (χ4v) is 5.72. The molecular formula is C23H31N3O3S. The van der Waals surface area contributed by atoms with Gasteiger partial charge in [0.25, 0.3) is 0 Å². The molecule has 0 bridgehead atoms. The molecule has 162 valence electrons. The molecule has 1 fully saturated rings. The van der Waals surface area contributed by atoms with Gasteiger partial charge in [-0.3, -0.25) is 9.69 Å². The van der Waals surface area contributed by atoms with Crippen LogP contribution < -0.4 is 5.32 Å². The summed E-state index contributed by atoms with van der Waals surface area (Å²) in [6.45, 7) is 7.85. The Bertz CT molecular complexity index is 972. The van der Waals surface area contributed by atoms with Crippen molar-refractivity contribution in [2.75, 3.05) is 25.0 Å². The Morgan fingerprint density at radius 3 is 2.50 bits per heavy atom. The zero-order valence-corrected chi connectivity index (χ0v) is 18.8. The number of nitrogens with zero attached hydrogens (tertiary/aromatic N) is 2. The maximum Gasteiger partial charge on any atom is 0.243 e. The number of carbonyl (C=O) groups excluding carboxylic acids is 1. The normalized spacial score (nSPS) is 17.4. The molecule has 30 heavy (non-hydrogen) atoms. The average molecular weight is 430 g/mol. The summed E-state index contributed by atoms with van der Waals surface area (Å²) in [5, 5.41) is 2.95. The highest BCUT2D eigenvalue weighted by molar-refractivity contribution is 7.89. The van der Waals surface area contributed by atoms with Crippen LogP contribution in [0.2, 0.25) is 0 Å². The lowest BCUT2D eigenvalue weighted by molar-refractivity contribution is -0.120. The van der Waals surface area contributed by atoms with Crippen LogP contribution in [0.1, 0.15) is 37.8 Å². The van der Waals surface area contributed by atoms with E-state index in [1.165, 1.54) is 9.87 Å². The SMILES string of the molecule is CCN(CC)S(=O)(=O)c1cc(NC(=O)[C@H]2CCCN2Cc2ccccc2)ccc1C. The maximum atomic E-state index is 13.0. The van der Waals surface area contributed by atoms with E-state index in [9.17, 15) is 13.2 Å². The van der Waals surface area contributed by atoms with Gasteiger partial charge in [0.15, 0.2) is 0 Å². The van der Waals surface area contributed by atoms with Gasteiger partial charge in [-0.2, -0.15) is 4.31 Å². The van der Waals surface area contributed by atoms with Crippen molar-refractivity contribution in [3.8, 4) is 0 Å². The Morgan fingerprint density at radius 1 is 1.13 bits per heavy atom. The van der Waals surface area contributed by atoms with Crippen molar-refractivity contribution in [2.24, 2.45) is 0 Å². The summed E-state index contributed by atoms with van der Waals surface area (Å²) in [4.78, 5) is 15.4. The molecule has 1 N–H and O–H groups in total. The molecule has 0 aliphatic carbocycles. The van der Waals surface area contributed by atoms with Crippen molar-refractivity contribution < 1.29 is 13.2 Å². The molecule has 0 unspecified atom stereocenters. The molecule has 7 heteroatoms. The number of aryl methyl sites for hydroxylation is 1. The molecule has 6 nitrogen and oxygen atoms in total. The lowest BCUT2D eigenvalue weighted by Gasteiger charge is -2.24. The van der Waals surface area contributed by atoms with E-state index in [0.717, 1.165) is 25.9 Å². The first-order valence-corrected chi connectivity index (χ1v) is 12.0. The van der Waals surface area contributed by atoms with Gasteiger partial charge in [0, 0.05) is 25.3 Å². The lowest BCUT2D eigenvalue weighted by atomic mass is 10.1. The first-order valence-electron chi connectivity index (χ1n) is 10.6. The fourth-order valence-electron chi connectivity index (χ4n) is 4.01. The van der Waals surface area contributed by atoms with Gasteiger partial charge in [-0.15, -0.1) is 0 Å². The van der Waals surface area contributed by atoms with Gasteiger partial charge in [0.1, 0.15) is 0 Å². The van der Waals surface area contributed by atoms with Crippen LogP contribution in [0.25, 0.3) is 0 Å². The standard InChI is InChI=1S/C23H31N3O3S/c1-4-26(5-2)30(28,29)22-16-20(14-13-18(22)3)24-23(27)21-12-9-15-25(21)17-19-10-7-6-8-11-19/h6-8,10-11,13-14,16,21H,4-5,9,12,15,17H2,1-3H3,(H,24,27)/t21-/m1/s1. The minimum Gasteiger partial charge on any atom is -0.325 e. The number of hydrogen-bond acceptors (Lipinski definition) is 4. The minimum absolute atomic E-state index is 0.0847. The second-order valence-electron chi connectivity index (χ2n) is 7.67. The quantitative estimate of drug-likeness (QED) is 0.696. The van der Waals surface area contributed by atoms with Gasteiger partial charge in [0.05, 0.1) is 10.9 Å². The van der Waals surface area contributed by atoms with Crippen molar-refractivity contribution in [3.63, 3.8) is 0 Å². The van der Waals surface area contributed by atoms with Crippen LogP contribution in [-0.4, -0.2) is 49.2 Å². The van der Waals surface area contributed by atoms with Crippen LogP contribution in [0.5, 0.6) is 0 Å². The van der Waals surface area contributed by atoms with E-state index in [1.54, 1.807) is 25.1 Å². The van der Waals surface area contributed by atoms with Crippen molar-refractivity contribution in [2.45, 2.75) is 51.1 Å². The molecule has 1 heterocycles. The number of amides is 1. The molecule has 0 saturated carbocycles. The molecule has 1 amide bonds. The summed E-state index contributed by atoms with van der Waals surface area (Å²) >= 11 is 0. The molecular weight excluding hydrogens is 398 g/mol. The van der Waals surface area contributed by atoms with Gasteiger partial charge >= 0.3 is 0 Å². The second kappa shape index (κ2) is 9.73. The summed E-state index contributed by atoms with van der Waals surface area (Å²) in [6.07, 6.45) is 1.77. The Kier molecular flexibility index (Phi) is 7.28. The summed E-state index contributed by atoms with van der Waals surface area (Å²) in [5.41, 5.74) is 2.37. The van der Waals surface area contributed by atoms with Crippen LogP contribution in [-0.2, 0) is 21.4 Å². The molecule has 1 saturated heterocycles. The van der Waals surface area contributed by atoms with E-state index in [4.69, 9.17) is 0 Å². The van der Waals surface area contributed by atoms with Crippen LogP contribution >= 0.6 is 0 Å². The smallest absolute Gasteiger partial charge is 0.243 e. The highest BCUT2D eigenvalue weighted by atomic mass is 32.2. The number of rotatable bonds is 8. The molecule has 1 atom stereocenters.